The molecule has 2 rings (SSSR count). The molecule has 0 aromatic heterocycles. The third-order valence-corrected chi connectivity index (χ3v) is 6.37. The summed E-state index contributed by atoms with van der Waals surface area (Å²) in [5, 5.41) is 2.68. The third kappa shape index (κ3) is 4.89. The zero-order chi connectivity index (χ0) is 19.5. The van der Waals surface area contributed by atoms with Crippen molar-refractivity contribution in [3.8, 4) is 0 Å². The van der Waals surface area contributed by atoms with Gasteiger partial charge in [0.25, 0.3) is 0 Å². The van der Waals surface area contributed by atoms with Crippen LogP contribution in [0.5, 0.6) is 0 Å². The van der Waals surface area contributed by atoms with Gasteiger partial charge in [-0.2, -0.15) is 30.1 Å². The first-order valence-electron chi connectivity index (χ1n) is 7.80. The van der Waals surface area contributed by atoms with Crippen LogP contribution < -0.4 is 5.32 Å². The number of thiol groups is 1. The lowest BCUT2D eigenvalue weighted by molar-refractivity contribution is -0.140. The Morgan fingerprint density at radius 2 is 1.88 bits per heavy atom. The Balaban J connectivity index is 2.05. The highest BCUT2D eigenvalue weighted by Gasteiger charge is 2.36. The highest BCUT2D eigenvalue weighted by atomic mass is 32.2. The van der Waals surface area contributed by atoms with Crippen LogP contribution in [0.2, 0.25) is 0 Å². The first-order chi connectivity index (χ1) is 12.1. The van der Waals surface area contributed by atoms with E-state index in [1.807, 2.05) is 0 Å². The van der Waals surface area contributed by atoms with Crippen LogP contribution in [0.25, 0.3) is 0 Å². The molecule has 1 fully saturated rings. The van der Waals surface area contributed by atoms with E-state index >= 15 is 0 Å². The Kier molecular flexibility index (Phi) is 6.56. The molecule has 1 aliphatic heterocycles. The van der Waals surface area contributed by atoms with Crippen molar-refractivity contribution in [1.82, 2.24) is 9.62 Å². The summed E-state index contributed by atoms with van der Waals surface area (Å²) in [5.41, 5.74) is -1.50. The molecule has 1 aromatic rings. The van der Waals surface area contributed by atoms with Gasteiger partial charge in [0, 0.05) is 19.6 Å². The van der Waals surface area contributed by atoms with E-state index in [9.17, 15) is 30.8 Å². The summed E-state index contributed by atoms with van der Waals surface area (Å²) in [6.07, 6.45) is -3.92. The Morgan fingerprint density at radius 3 is 2.38 bits per heavy atom. The minimum atomic E-state index is -4.89. The molecular weight excluding hydrogens is 396 g/mol. The molecule has 26 heavy (non-hydrogen) atoms. The van der Waals surface area contributed by atoms with E-state index in [2.05, 4.69) is 17.9 Å². The highest BCUT2D eigenvalue weighted by molar-refractivity contribution is 7.89. The standard InChI is InChI=1S/C15H18F4N2O3S2/c16-13-7-11(1-2-12(13)15(17,18)19)26(23,24)21-5-3-10(4-6-21)8-20-14(22)9-25/h1-2,7,10,25H,3-6,8-9H2,(H,20,22). The Hall–Kier alpha value is -1.33. The second-order valence-corrected chi connectivity index (χ2v) is 8.20. The Bertz CT molecular complexity index is 761. The first-order valence-corrected chi connectivity index (χ1v) is 9.87. The number of halogens is 4. The van der Waals surface area contributed by atoms with Crippen molar-refractivity contribution in [2.45, 2.75) is 23.9 Å². The topological polar surface area (TPSA) is 66.5 Å². The minimum Gasteiger partial charge on any atom is -0.355 e. The summed E-state index contributed by atoms with van der Waals surface area (Å²) in [6.45, 7) is 0.695. The molecule has 11 heteroatoms. The normalized spacial score (nSPS) is 17.3. The fourth-order valence-electron chi connectivity index (χ4n) is 2.70. The van der Waals surface area contributed by atoms with Crippen LogP contribution in [0.1, 0.15) is 18.4 Å². The predicted molar refractivity (Wildman–Crippen MR) is 89.7 cm³/mol. The van der Waals surface area contributed by atoms with Gasteiger partial charge in [0.1, 0.15) is 5.82 Å². The van der Waals surface area contributed by atoms with Gasteiger partial charge in [-0.25, -0.2) is 12.8 Å². The molecule has 5 nitrogen and oxygen atoms in total. The van der Waals surface area contributed by atoms with Gasteiger partial charge in [-0.05, 0) is 37.0 Å². The van der Waals surface area contributed by atoms with E-state index in [0.29, 0.717) is 31.5 Å². The van der Waals surface area contributed by atoms with Crippen molar-refractivity contribution in [3.05, 3.63) is 29.6 Å². The summed E-state index contributed by atoms with van der Waals surface area (Å²) in [4.78, 5) is 10.7. The zero-order valence-corrected chi connectivity index (χ0v) is 15.3. The van der Waals surface area contributed by atoms with Gasteiger partial charge in [-0.1, -0.05) is 0 Å². The van der Waals surface area contributed by atoms with E-state index < -0.39 is 32.5 Å². The molecule has 0 saturated carbocycles. The summed E-state index contributed by atoms with van der Waals surface area (Å²) >= 11 is 3.84. The van der Waals surface area contributed by atoms with Crippen LogP contribution in [0.15, 0.2) is 23.1 Å². The average molecular weight is 414 g/mol. The van der Waals surface area contributed by atoms with Crippen LogP contribution in [-0.4, -0.2) is 44.0 Å². The average Bonchev–Trinajstić information content (AvgIpc) is 2.58. The van der Waals surface area contributed by atoms with Gasteiger partial charge < -0.3 is 5.32 Å². The molecule has 0 bridgehead atoms. The number of amides is 1. The highest BCUT2D eigenvalue weighted by Crippen LogP contribution is 2.33. The van der Waals surface area contributed by atoms with E-state index in [1.165, 1.54) is 0 Å². The van der Waals surface area contributed by atoms with Crippen molar-refractivity contribution < 1.29 is 30.8 Å². The molecule has 0 radical (unpaired) electrons. The lowest BCUT2D eigenvalue weighted by atomic mass is 9.98. The molecule has 0 atom stereocenters. The third-order valence-electron chi connectivity index (χ3n) is 4.19. The molecule has 0 spiro atoms. The number of benzene rings is 1. The number of sulfonamides is 1. The number of alkyl halides is 3. The minimum absolute atomic E-state index is 0.0622. The largest absolute Gasteiger partial charge is 0.419 e. The number of nitrogens with zero attached hydrogens (tertiary/aromatic N) is 1. The van der Waals surface area contributed by atoms with Gasteiger partial charge >= 0.3 is 6.18 Å². The summed E-state index contributed by atoms with van der Waals surface area (Å²) < 4.78 is 77.6. The molecule has 1 heterocycles. The maximum absolute atomic E-state index is 13.7. The monoisotopic (exact) mass is 414 g/mol. The molecule has 146 valence electrons. The number of nitrogens with one attached hydrogen (secondary N) is 1. The van der Waals surface area contributed by atoms with Crippen molar-refractivity contribution in [3.63, 3.8) is 0 Å². The number of carbonyl (C=O) groups excluding carboxylic acids is 1. The number of rotatable bonds is 5. The SMILES string of the molecule is O=C(CS)NCC1CCN(S(=O)(=O)c2ccc(C(F)(F)F)c(F)c2)CC1. The van der Waals surface area contributed by atoms with E-state index in [1.54, 1.807) is 0 Å². The zero-order valence-electron chi connectivity index (χ0n) is 13.6. The van der Waals surface area contributed by atoms with E-state index in [4.69, 9.17) is 0 Å². The summed E-state index contributed by atoms with van der Waals surface area (Å²) in [5.74, 6) is -1.69. The van der Waals surface area contributed by atoms with E-state index in [0.717, 1.165) is 10.4 Å². The van der Waals surface area contributed by atoms with Crippen LogP contribution in [0.3, 0.4) is 0 Å². The Labute approximate surface area is 154 Å². The summed E-state index contributed by atoms with van der Waals surface area (Å²) in [6, 6.07) is 1.60. The molecular formula is C15H18F4N2O3S2. The smallest absolute Gasteiger partial charge is 0.355 e. The molecule has 0 unspecified atom stereocenters. The number of hydrogen-bond acceptors (Lipinski definition) is 4. The lowest BCUT2D eigenvalue weighted by Gasteiger charge is -2.31. The summed E-state index contributed by atoms with van der Waals surface area (Å²) in [7, 11) is -4.08. The number of piperidine rings is 1. The molecule has 1 saturated heterocycles. The van der Waals surface area contributed by atoms with Gasteiger partial charge in [-0.15, -0.1) is 0 Å². The van der Waals surface area contributed by atoms with Crippen LogP contribution in [0.4, 0.5) is 17.6 Å². The van der Waals surface area contributed by atoms with Crippen LogP contribution >= 0.6 is 12.6 Å². The molecule has 1 aromatic carbocycles. The predicted octanol–water partition coefficient (Wildman–Crippen LogP) is 2.29. The second-order valence-electron chi connectivity index (χ2n) is 5.95. The number of hydrogen-bond donors (Lipinski definition) is 2. The van der Waals surface area contributed by atoms with Gasteiger partial charge in [0.15, 0.2) is 0 Å². The molecule has 1 N–H and O–H groups in total. The van der Waals surface area contributed by atoms with Gasteiger partial charge in [-0.3, -0.25) is 4.79 Å². The lowest BCUT2D eigenvalue weighted by Crippen LogP contribution is -2.41. The number of carbonyl (C=O) groups is 1. The van der Waals surface area contributed by atoms with Crippen molar-refractivity contribution in [2.75, 3.05) is 25.4 Å². The fraction of sp³-hybridized carbons (Fsp3) is 0.533. The van der Waals surface area contributed by atoms with Gasteiger partial charge in [0.2, 0.25) is 15.9 Å². The molecule has 1 aliphatic rings. The molecule has 1 amide bonds. The second kappa shape index (κ2) is 8.13. The maximum Gasteiger partial charge on any atom is 0.419 e. The van der Waals surface area contributed by atoms with Crippen LogP contribution in [0, 0.1) is 11.7 Å². The fourth-order valence-corrected chi connectivity index (χ4v) is 4.30. The Morgan fingerprint density at radius 1 is 1.27 bits per heavy atom. The maximum atomic E-state index is 13.7. The van der Waals surface area contributed by atoms with Gasteiger partial charge in [0.05, 0.1) is 16.2 Å². The van der Waals surface area contributed by atoms with Crippen molar-refractivity contribution in [2.24, 2.45) is 5.92 Å². The van der Waals surface area contributed by atoms with Crippen molar-refractivity contribution >= 4 is 28.6 Å². The molecule has 0 aliphatic carbocycles. The first kappa shape index (κ1) is 21.0. The quantitative estimate of drug-likeness (QED) is 0.574. The van der Waals surface area contributed by atoms with Crippen molar-refractivity contribution in [1.29, 1.82) is 0 Å². The van der Waals surface area contributed by atoms with Crippen LogP contribution in [-0.2, 0) is 21.0 Å². The van der Waals surface area contributed by atoms with E-state index in [-0.39, 0.29) is 30.7 Å².